The summed E-state index contributed by atoms with van der Waals surface area (Å²) in [5.74, 6) is 1.59. The predicted molar refractivity (Wildman–Crippen MR) is 79.9 cm³/mol. The van der Waals surface area contributed by atoms with E-state index in [2.05, 4.69) is 38.6 Å². The minimum absolute atomic E-state index is 0.414. The molecule has 0 spiro atoms. The van der Waals surface area contributed by atoms with Gasteiger partial charge in [-0.05, 0) is 48.6 Å². The minimum atomic E-state index is 0.414. The Hall–Kier alpha value is -1.88. The molecule has 0 saturated heterocycles. The molecule has 1 aromatic carbocycles. The van der Waals surface area contributed by atoms with E-state index in [1.165, 1.54) is 0 Å². The van der Waals surface area contributed by atoms with Crippen LogP contribution in [-0.2, 0) is 0 Å². The SMILES string of the molecule is Cc1cc(Oc2c(N)cc(C#N)cc2I)nc(C)n1. The third kappa shape index (κ3) is 3.12. The highest BCUT2D eigenvalue weighted by molar-refractivity contribution is 14.1. The van der Waals surface area contributed by atoms with Gasteiger partial charge in [-0.1, -0.05) is 0 Å². The zero-order valence-corrected chi connectivity index (χ0v) is 12.6. The lowest BCUT2D eigenvalue weighted by atomic mass is 10.2. The fraction of sp³-hybridized carbons (Fsp3) is 0.154. The van der Waals surface area contributed by atoms with Crippen molar-refractivity contribution in [3.8, 4) is 17.7 Å². The van der Waals surface area contributed by atoms with Crippen LogP contribution < -0.4 is 10.5 Å². The van der Waals surface area contributed by atoms with Gasteiger partial charge in [-0.15, -0.1) is 0 Å². The summed E-state index contributed by atoms with van der Waals surface area (Å²) in [5.41, 5.74) is 7.64. The summed E-state index contributed by atoms with van der Waals surface area (Å²) in [6.45, 7) is 3.67. The molecule has 1 heterocycles. The summed E-state index contributed by atoms with van der Waals surface area (Å²) in [5, 5.41) is 8.87. The molecule has 0 atom stereocenters. The first-order valence-corrected chi connectivity index (χ1v) is 6.56. The molecule has 0 amide bonds. The average molecular weight is 366 g/mol. The molecule has 0 unspecified atom stereocenters. The predicted octanol–water partition coefficient (Wildman–Crippen LogP) is 2.94. The zero-order valence-electron chi connectivity index (χ0n) is 10.4. The number of nitrogens with two attached hydrogens (primary N) is 1. The van der Waals surface area contributed by atoms with Crippen LogP contribution in [0, 0.1) is 28.7 Å². The molecule has 0 aliphatic heterocycles. The number of anilines is 1. The summed E-state index contributed by atoms with van der Waals surface area (Å²) >= 11 is 2.08. The van der Waals surface area contributed by atoms with Crippen LogP contribution in [0.5, 0.6) is 11.6 Å². The molecule has 2 aromatic rings. The van der Waals surface area contributed by atoms with Crippen LogP contribution in [0.25, 0.3) is 0 Å². The molecule has 1 aromatic heterocycles. The largest absolute Gasteiger partial charge is 0.436 e. The Kier molecular flexibility index (Phi) is 3.85. The molecule has 2 rings (SSSR count). The number of benzene rings is 1. The Bertz CT molecular complexity index is 636. The fourth-order valence-corrected chi connectivity index (χ4v) is 2.38. The number of hydrogen-bond acceptors (Lipinski definition) is 5. The van der Waals surface area contributed by atoms with E-state index in [4.69, 9.17) is 15.7 Å². The Labute approximate surface area is 124 Å². The van der Waals surface area contributed by atoms with Crippen LogP contribution >= 0.6 is 22.6 Å². The van der Waals surface area contributed by atoms with Crippen molar-refractivity contribution >= 4 is 28.3 Å². The molecule has 0 aliphatic rings. The third-order valence-corrected chi connectivity index (χ3v) is 3.15. The quantitative estimate of drug-likeness (QED) is 0.653. The van der Waals surface area contributed by atoms with E-state index < -0.39 is 0 Å². The fourth-order valence-electron chi connectivity index (χ4n) is 1.63. The van der Waals surface area contributed by atoms with Gasteiger partial charge in [0.05, 0.1) is 20.9 Å². The van der Waals surface area contributed by atoms with Crippen molar-refractivity contribution in [2.24, 2.45) is 0 Å². The molecule has 6 heteroatoms. The number of ether oxygens (including phenoxy) is 1. The van der Waals surface area contributed by atoms with Crippen molar-refractivity contribution in [2.75, 3.05) is 5.73 Å². The van der Waals surface area contributed by atoms with Crippen molar-refractivity contribution < 1.29 is 4.74 Å². The molecule has 0 aliphatic carbocycles. The van der Waals surface area contributed by atoms with E-state index in [0.717, 1.165) is 9.26 Å². The summed E-state index contributed by atoms with van der Waals surface area (Å²) in [6.07, 6.45) is 0. The second kappa shape index (κ2) is 5.40. The number of rotatable bonds is 2. The Morgan fingerprint density at radius 1 is 1.26 bits per heavy atom. The van der Waals surface area contributed by atoms with Gasteiger partial charge in [-0.3, -0.25) is 0 Å². The topological polar surface area (TPSA) is 84.8 Å². The van der Waals surface area contributed by atoms with Gasteiger partial charge in [-0.25, -0.2) is 4.98 Å². The van der Waals surface area contributed by atoms with E-state index in [-0.39, 0.29) is 0 Å². The maximum absolute atomic E-state index is 8.87. The minimum Gasteiger partial charge on any atom is -0.436 e. The lowest BCUT2D eigenvalue weighted by Crippen LogP contribution is -1.99. The second-order valence-corrected chi connectivity index (χ2v) is 5.15. The normalized spacial score (nSPS) is 10.0. The number of halogens is 1. The van der Waals surface area contributed by atoms with Crippen molar-refractivity contribution in [3.63, 3.8) is 0 Å². The van der Waals surface area contributed by atoms with Gasteiger partial charge in [0.1, 0.15) is 5.82 Å². The lowest BCUT2D eigenvalue weighted by molar-refractivity contribution is 0.458. The molecule has 96 valence electrons. The van der Waals surface area contributed by atoms with E-state index in [1.54, 1.807) is 25.1 Å². The second-order valence-electron chi connectivity index (χ2n) is 3.99. The molecule has 0 radical (unpaired) electrons. The Morgan fingerprint density at radius 3 is 2.58 bits per heavy atom. The van der Waals surface area contributed by atoms with E-state index >= 15 is 0 Å². The van der Waals surface area contributed by atoms with E-state index in [0.29, 0.717) is 28.7 Å². The summed E-state index contributed by atoms with van der Waals surface area (Å²) in [6, 6.07) is 7.09. The number of nitrogens with zero attached hydrogens (tertiary/aromatic N) is 3. The van der Waals surface area contributed by atoms with Crippen LogP contribution in [0.15, 0.2) is 18.2 Å². The number of aryl methyl sites for hydroxylation is 2. The van der Waals surface area contributed by atoms with E-state index in [9.17, 15) is 0 Å². The smallest absolute Gasteiger partial charge is 0.222 e. The highest BCUT2D eigenvalue weighted by Gasteiger charge is 2.11. The average Bonchev–Trinajstić information content (AvgIpc) is 2.32. The maximum Gasteiger partial charge on any atom is 0.222 e. The lowest BCUT2D eigenvalue weighted by Gasteiger charge is -2.11. The number of hydrogen-bond donors (Lipinski definition) is 1. The summed E-state index contributed by atoms with van der Waals surface area (Å²) in [7, 11) is 0. The number of nitriles is 1. The number of nitrogen functional groups attached to an aromatic ring is 1. The Balaban J connectivity index is 2.41. The van der Waals surface area contributed by atoms with Gasteiger partial charge >= 0.3 is 0 Å². The van der Waals surface area contributed by atoms with Crippen molar-refractivity contribution in [3.05, 3.63) is 38.9 Å². The maximum atomic E-state index is 8.87. The monoisotopic (exact) mass is 366 g/mol. The molecule has 0 fully saturated rings. The molecule has 19 heavy (non-hydrogen) atoms. The van der Waals surface area contributed by atoms with Crippen LogP contribution in [0.4, 0.5) is 5.69 Å². The summed E-state index contributed by atoms with van der Waals surface area (Å²) < 4.78 is 6.47. The third-order valence-electron chi connectivity index (χ3n) is 2.35. The number of aromatic nitrogens is 2. The van der Waals surface area contributed by atoms with Gasteiger partial charge in [0.25, 0.3) is 0 Å². The first kappa shape index (κ1) is 13.5. The molecule has 2 N–H and O–H groups in total. The van der Waals surface area contributed by atoms with Gasteiger partial charge in [0.2, 0.25) is 5.88 Å². The molecular formula is C13H11IN4O. The highest BCUT2D eigenvalue weighted by atomic mass is 127. The first-order chi connectivity index (χ1) is 8.99. The summed E-state index contributed by atoms with van der Waals surface area (Å²) in [4.78, 5) is 8.38. The standard InChI is InChI=1S/C13H11IN4O/c1-7-3-12(18-8(2)17-7)19-13-10(14)4-9(6-15)5-11(13)16/h3-5H,16H2,1-2H3. The van der Waals surface area contributed by atoms with Crippen LogP contribution in [0.2, 0.25) is 0 Å². The molecule has 0 saturated carbocycles. The Morgan fingerprint density at radius 2 is 2.00 bits per heavy atom. The van der Waals surface area contributed by atoms with Crippen LogP contribution in [-0.4, -0.2) is 9.97 Å². The van der Waals surface area contributed by atoms with Gasteiger partial charge in [-0.2, -0.15) is 10.2 Å². The molecule has 5 nitrogen and oxygen atoms in total. The van der Waals surface area contributed by atoms with Crippen LogP contribution in [0.1, 0.15) is 17.1 Å². The first-order valence-electron chi connectivity index (χ1n) is 5.49. The zero-order chi connectivity index (χ0) is 14.0. The van der Waals surface area contributed by atoms with Gasteiger partial charge in [0.15, 0.2) is 5.75 Å². The van der Waals surface area contributed by atoms with Crippen LogP contribution in [0.3, 0.4) is 0 Å². The van der Waals surface area contributed by atoms with E-state index in [1.807, 2.05) is 6.92 Å². The highest BCUT2D eigenvalue weighted by Crippen LogP contribution is 2.33. The molecular weight excluding hydrogens is 355 g/mol. The molecule has 0 bridgehead atoms. The van der Waals surface area contributed by atoms with Gasteiger partial charge in [0, 0.05) is 11.8 Å². The van der Waals surface area contributed by atoms with Crippen molar-refractivity contribution in [2.45, 2.75) is 13.8 Å². The van der Waals surface area contributed by atoms with Gasteiger partial charge < -0.3 is 10.5 Å². The van der Waals surface area contributed by atoms with Crippen molar-refractivity contribution in [1.82, 2.24) is 9.97 Å². The van der Waals surface area contributed by atoms with Crippen molar-refractivity contribution in [1.29, 1.82) is 5.26 Å².